The fourth-order valence-corrected chi connectivity index (χ4v) is 5.93. The summed E-state index contributed by atoms with van der Waals surface area (Å²) in [5, 5.41) is 2.93. The number of nitrogens with zero attached hydrogens (tertiary/aromatic N) is 2. The molecule has 1 aliphatic heterocycles. The number of rotatable bonds is 17. The van der Waals surface area contributed by atoms with Crippen LogP contribution in [0.25, 0.3) is 11.1 Å². The predicted molar refractivity (Wildman–Crippen MR) is 184 cm³/mol. The second-order valence-corrected chi connectivity index (χ2v) is 12.0. The number of aryl methyl sites for hydroxylation is 1. The van der Waals surface area contributed by atoms with Crippen molar-refractivity contribution in [1.82, 2.24) is 15.1 Å². The summed E-state index contributed by atoms with van der Waals surface area (Å²) >= 11 is 0. The Bertz CT molecular complexity index is 1460. The Morgan fingerprint density at radius 1 is 0.787 bits per heavy atom. The quantitative estimate of drug-likeness (QED) is 0.187. The summed E-state index contributed by atoms with van der Waals surface area (Å²) in [6.45, 7) is 4.87. The first-order valence-corrected chi connectivity index (χ1v) is 16.6. The molecule has 9 nitrogen and oxygen atoms in total. The standard InChI is InChI=1S/C38H49N3O6/c1-6-8-10-11-27-12-14-29(15-13-27)24-39-35(42)25-40-26-36(43)41(20-9-7-2)32(38(40)44)21-28-16-18-30(19-17-28)31-22-33(45-3)37(47-5)34(23-31)46-4/h12-19,22-23,32H,6-11,20-21,24-26H2,1-5H3,(H,39,42). The monoisotopic (exact) mass is 643 g/mol. The van der Waals surface area contributed by atoms with Crippen molar-refractivity contribution in [1.29, 1.82) is 0 Å². The minimum atomic E-state index is -0.678. The fraction of sp³-hybridized carbons (Fsp3) is 0.447. The van der Waals surface area contributed by atoms with Gasteiger partial charge in [-0.05, 0) is 59.2 Å². The van der Waals surface area contributed by atoms with Crippen LogP contribution >= 0.6 is 0 Å². The zero-order valence-electron chi connectivity index (χ0n) is 28.5. The zero-order chi connectivity index (χ0) is 33.8. The fourth-order valence-electron chi connectivity index (χ4n) is 5.93. The molecule has 1 fully saturated rings. The smallest absolute Gasteiger partial charge is 0.246 e. The van der Waals surface area contributed by atoms with Crippen LogP contribution in [0.4, 0.5) is 0 Å². The molecule has 1 saturated heterocycles. The summed E-state index contributed by atoms with van der Waals surface area (Å²) in [5.41, 5.74) is 5.03. The molecule has 47 heavy (non-hydrogen) atoms. The molecule has 0 radical (unpaired) electrons. The summed E-state index contributed by atoms with van der Waals surface area (Å²) in [6.07, 6.45) is 6.69. The lowest BCUT2D eigenvalue weighted by Gasteiger charge is -2.40. The van der Waals surface area contributed by atoms with Crippen molar-refractivity contribution in [3.63, 3.8) is 0 Å². The van der Waals surface area contributed by atoms with E-state index in [4.69, 9.17) is 14.2 Å². The molecule has 1 unspecified atom stereocenters. The first-order valence-electron chi connectivity index (χ1n) is 16.6. The van der Waals surface area contributed by atoms with E-state index < -0.39 is 6.04 Å². The molecule has 9 heteroatoms. The predicted octanol–water partition coefficient (Wildman–Crippen LogP) is 5.81. The number of methoxy groups -OCH3 is 3. The first-order chi connectivity index (χ1) is 22.8. The maximum Gasteiger partial charge on any atom is 0.246 e. The van der Waals surface area contributed by atoms with Gasteiger partial charge in [0, 0.05) is 19.5 Å². The highest BCUT2D eigenvalue weighted by Crippen LogP contribution is 2.41. The molecule has 3 amide bonds. The Labute approximate surface area is 279 Å². The van der Waals surface area contributed by atoms with E-state index in [9.17, 15) is 14.4 Å². The van der Waals surface area contributed by atoms with Crippen LogP contribution in [0, 0.1) is 0 Å². The Hall–Kier alpha value is -4.53. The maximum atomic E-state index is 13.8. The molecule has 1 aliphatic rings. The van der Waals surface area contributed by atoms with E-state index >= 15 is 0 Å². The largest absolute Gasteiger partial charge is 0.493 e. The van der Waals surface area contributed by atoms with Gasteiger partial charge in [0.25, 0.3) is 0 Å². The van der Waals surface area contributed by atoms with Gasteiger partial charge in [-0.2, -0.15) is 0 Å². The summed E-state index contributed by atoms with van der Waals surface area (Å²) in [4.78, 5) is 43.2. The zero-order valence-corrected chi connectivity index (χ0v) is 28.5. The van der Waals surface area contributed by atoms with Gasteiger partial charge in [-0.3, -0.25) is 14.4 Å². The average Bonchev–Trinajstić information content (AvgIpc) is 3.09. The van der Waals surface area contributed by atoms with Crippen LogP contribution in [0.2, 0.25) is 0 Å². The number of benzene rings is 3. The number of piperazine rings is 1. The van der Waals surface area contributed by atoms with Crippen LogP contribution in [0.3, 0.4) is 0 Å². The van der Waals surface area contributed by atoms with Crippen LogP contribution in [-0.2, 0) is 33.8 Å². The van der Waals surface area contributed by atoms with Crippen molar-refractivity contribution in [2.24, 2.45) is 0 Å². The third kappa shape index (κ3) is 9.27. The molecule has 0 aliphatic carbocycles. The van der Waals surface area contributed by atoms with Gasteiger partial charge in [0.05, 0.1) is 21.3 Å². The molecule has 3 aromatic carbocycles. The second-order valence-electron chi connectivity index (χ2n) is 12.0. The number of carbonyl (C=O) groups is 3. The Morgan fingerprint density at radius 2 is 1.40 bits per heavy atom. The highest BCUT2D eigenvalue weighted by atomic mass is 16.5. The third-order valence-corrected chi connectivity index (χ3v) is 8.67. The number of amides is 3. The average molecular weight is 644 g/mol. The number of carbonyl (C=O) groups excluding carboxylic acids is 3. The summed E-state index contributed by atoms with van der Waals surface area (Å²) in [7, 11) is 4.73. The van der Waals surface area contributed by atoms with Gasteiger partial charge < -0.3 is 29.3 Å². The molecule has 4 rings (SSSR count). The number of ether oxygens (including phenoxy) is 3. The molecule has 0 spiro atoms. The number of hydrogen-bond acceptors (Lipinski definition) is 6. The van der Waals surface area contributed by atoms with E-state index in [1.54, 1.807) is 26.2 Å². The molecule has 0 bridgehead atoms. The molecule has 1 heterocycles. The Balaban J connectivity index is 1.43. The number of nitrogens with one attached hydrogen (secondary N) is 1. The number of unbranched alkanes of at least 4 members (excludes halogenated alkanes) is 3. The van der Waals surface area contributed by atoms with E-state index in [0.717, 1.165) is 41.5 Å². The minimum Gasteiger partial charge on any atom is -0.493 e. The van der Waals surface area contributed by atoms with E-state index in [0.29, 0.717) is 36.8 Å². The highest BCUT2D eigenvalue weighted by molar-refractivity contribution is 5.97. The van der Waals surface area contributed by atoms with E-state index in [1.807, 2.05) is 48.5 Å². The van der Waals surface area contributed by atoms with E-state index in [1.165, 1.54) is 29.7 Å². The van der Waals surface area contributed by atoms with Crippen LogP contribution in [0.15, 0.2) is 60.7 Å². The van der Waals surface area contributed by atoms with Crippen LogP contribution in [0.1, 0.15) is 62.6 Å². The summed E-state index contributed by atoms with van der Waals surface area (Å²) in [5.74, 6) is 1.01. The van der Waals surface area contributed by atoms with Gasteiger partial charge in [0.2, 0.25) is 23.5 Å². The first kappa shape index (κ1) is 35.3. The SMILES string of the molecule is CCCCCc1ccc(CNC(=O)CN2CC(=O)N(CCCC)C(Cc3ccc(-c4cc(OC)c(OC)c(OC)c4)cc3)C2=O)cc1. The van der Waals surface area contributed by atoms with Crippen molar-refractivity contribution in [3.8, 4) is 28.4 Å². The summed E-state index contributed by atoms with van der Waals surface area (Å²) < 4.78 is 16.5. The Morgan fingerprint density at radius 3 is 2.00 bits per heavy atom. The van der Waals surface area contributed by atoms with Crippen molar-refractivity contribution in [3.05, 3.63) is 77.4 Å². The Kier molecular flexibility index (Phi) is 13.1. The van der Waals surface area contributed by atoms with E-state index in [2.05, 4.69) is 31.3 Å². The lowest BCUT2D eigenvalue weighted by Crippen LogP contribution is -2.62. The minimum absolute atomic E-state index is 0.0982. The topological polar surface area (TPSA) is 97.4 Å². The lowest BCUT2D eigenvalue weighted by atomic mass is 9.97. The van der Waals surface area contributed by atoms with Crippen molar-refractivity contribution in [2.45, 2.75) is 71.4 Å². The van der Waals surface area contributed by atoms with Gasteiger partial charge in [0.15, 0.2) is 11.5 Å². The van der Waals surface area contributed by atoms with Crippen LogP contribution in [0.5, 0.6) is 17.2 Å². The molecular weight excluding hydrogens is 594 g/mol. The van der Waals surface area contributed by atoms with Crippen molar-refractivity contribution in [2.75, 3.05) is 41.0 Å². The van der Waals surface area contributed by atoms with Crippen molar-refractivity contribution >= 4 is 17.7 Å². The molecule has 1 N–H and O–H groups in total. The van der Waals surface area contributed by atoms with Gasteiger partial charge in [-0.15, -0.1) is 0 Å². The van der Waals surface area contributed by atoms with Crippen LogP contribution in [-0.4, -0.2) is 74.5 Å². The van der Waals surface area contributed by atoms with Crippen molar-refractivity contribution < 1.29 is 28.6 Å². The molecular formula is C38H49N3O6. The van der Waals surface area contributed by atoms with Gasteiger partial charge in [-0.1, -0.05) is 81.6 Å². The second kappa shape index (κ2) is 17.4. The maximum absolute atomic E-state index is 13.8. The number of hydrogen-bond donors (Lipinski definition) is 1. The van der Waals surface area contributed by atoms with Gasteiger partial charge in [0.1, 0.15) is 19.1 Å². The molecule has 0 saturated carbocycles. The lowest BCUT2D eigenvalue weighted by molar-refractivity contribution is -0.157. The normalized spacial score (nSPS) is 14.7. The highest BCUT2D eigenvalue weighted by Gasteiger charge is 2.39. The summed E-state index contributed by atoms with van der Waals surface area (Å²) in [6, 6.07) is 19.3. The third-order valence-electron chi connectivity index (χ3n) is 8.67. The van der Waals surface area contributed by atoms with Crippen LogP contribution < -0.4 is 19.5 Å². The van der Waals surface area contributed by atoms with Gasteiger partial charge >= 0.3 is 0 Å². The molecule has 1 atom stereocenters. The van der Waals surface area contributed by atoms with Gasteiger partial charge in [-0.25, -0.2) is 0 Å². The van der Waals surface area contributed by atoms with E-state index in [-0.39, 0.29) is 30.8 Å². The molecule has 252 valence electrons. The molecule has 3 aromatic rings. The molecule has 0 aromatic heterocycles.